The standard InChI is InChI=1S/C57H37N5/c1-5-19-38(20-6-1)42-33-34-43(47(35-42)39-21-7-2-8-22-39)44-27-13-16-30-50(44)61-51-31-17-14-28-45(51)48-36-49-46-29-15-18-32-52(46)62(54(49)37-53(48)61)57-59-55(40-23-9-3-10-24-40)58-56(60-57)41-25-11-4-12-26-41/h1-37H. The molecule has 290 valence electrons. The van der Waals surface area contributed by atoms with Crippen LogP contribution in [-0.2, 0) is 0 Å². The SMILES string of the molecule is c1ccc(-c2ccc(-c3ccccc3-n3c4ccccc4c4cc5c6ccccc6n(-c6nc(-c7ccccc7)nc(-c7ccccc7)n6)c5cc43)c(-c3ccccc3)c2)cc1. The fraction of sp³-hybridized carbons (Fsp3) is 0. The van der Waals surface area contributed by atoms with Gasteiger partial charge in [0.2, 0.25) is 5.95 Å². The Hall–Kier alpha value is -8.41. The lowest BCUT2D eigenvalue weighted by molar-refractivity contribution is 0.953. The van der Waals surface area contributed by atoms with Crippen molar-refractivity contribution in [1.82, 2.24) is 24.1 Å². The Kier molecular flexibility index (Phi) is 8.42. The molecule has 12 rings (SSSR count). The van der Waals surface area contributed by atoms with Crippen LogP contribution in [0.15, 0.2) is 224 Å². The van der Waals surface area contributed by atoms with Crippen LogP contribution in [0.2, 0.25) is 0 Å². The highest BCUT2D eigenvalue weighted by Gasteiger charge is 2.23. The van der Waals surface area contributed by atoms with Gasteiger partial charge in [0.15, 0.2) is 11.6 Å². The minimum Gasteiger partial charge on any atom is -0.309 e. The summed E-state index contributed by atoms with van der Waals surface area (Å²) in [5.41, 5.74) is 14.3. The van der Waals surface area contributed by atoms with Gasteiger partial charge in [-0.2, -0.15) is 9.97 Å². The van der Waals surface area contributed by atoms with E-state index in [0.717, 1.165) is 55.2 Å². The molecule has 0 N–H and O–H groups in total. The monoisotopic (exact) mass is 791 g/mol. The van der Waals surface area contributed by atoms with E-state index in [9.17, 15) is 0 Å². The van der Waals surface area contributed by atoms with Crippen LogP contribution in [0.3, 0.4) is 0 Å². The summed E-state index contributed by atoms with van der Waals surface area (Å²) in [6.07, 6.45) is 0. The molecule has 5 nitrogen and oxygen atoms in total. The third kappa shape index (κ3) is 5.90. The second-order valence-corrected chi connectivity index (χ2v) is 15.6. The van der Waals surface area contributed by atoms with E-state index in [-0.39, 0.29) is 0 Å². The Morgan fingerprint density at radius 1 is 0.258 bits per heavy atom. The van der Waals surface area contributed by atoms with Gasteiger partial charge < -0.3 is 4.57 Å². The molecular weight excluding hydrogens is 755 g/mol. The van der Waals surface area contributed by atoms with Crippen LogP contribution in [0.4, 0.5) is 0 Å². The molecule has 0 saturated carbocycles. The molecule has 0 unspecified atom stereocenters. The van der Waals surface area contributed by atoms with Crippen LogP contribution in [-0.4, -0.2) is 24.1 Å². The van der Waals surface area contributed by atoms with E-state index in [0.29, 0.717) is 17.6 Å². The summed E-state index contributed by atoms with van der Waals surface area (Å²) in [6.45, 7) is 0. The molecule has 0 aliphatic carbocycles. The van der Waals surface area contributed by atoms with Gasteiger partial charge >= 0.3 is 0 Å². The number of para-hydroxylation sites is 3. The van der Waals surface area contributed by atoms with Crippen molar-refractivity contribution in [2.24, 2.45) is 0 Å². The first-order chi connectivity index (χ1) is 30.8. The first kappa shape index (κ1) is 35.5. The molecule has 12 aromatic rings. The lowest BCUT2D eigenvalue weighted by atomic mass is 9.90. The smallest absolute Gasteiger partial charge is 0.238 e. The lowest BCUT2D eigenvalue weighted by Crippen LogP contribution is -2.06. The van der Waals surface area contributed by atoms with Gasteiger partial charge in [0, 0.05) is 38.2 Å². The second-order valence-electron chi connectivity index (χ2n) is 15.6. The average molecular weight is 792 g/mol. The molecule has 0 radical (unpaired) electrons. The van der Waals surface area contributed by atoms with E-state index in [4.69, 9.17) is 15.0 Å². The number of hydrogen-bond acceptors (Lipinski definition) is 3. The minimum atomic E-state index is 0.567. The number of hydrogen-bond donors (Lipinski definition) is 0. The molecule has 9 aromatic carbocycles. The quantitative estimate of drug-likeness (QED) is 0.162. The zero-order chi connectivity index (χ0) is 41.0. The number of nitrogens with zero attached hydrogens (tertiary/aromatic N) is 5. The van der Waals surface area contributed by atoms with Gasteiger partial charge in [0.1, 0.15) is 0 Å². The van der Waals surface area contributed by atoms with E-state index < -0.39 is 0 Å². The summed E-state index contributed by atoms with van der Waals surface area (Å²) in [5, 5.41) is 4.64. The highest BCUT2D eigenvalue weighted by molar-refractivity contribution is 6.19. The van der Waals surface area contributed by atoms with Crippen LogP contribution in [0.1, 0.15) is 0 Å². The zero-order valence-electron chi connectivity index (χ0n) is 33.6. The molecule has 0 fully saturated rings. The highest BCUT2D eigenvalue weighted by Crippen LogP contribution is 2.43. The maximum Gasteiger partial charge on any atom is 0.238 e. The van der Waals surface area contributed by atoms with Gasteiger partial charge in [-0.25, -0.2) is 4.98 Å². The number of fused-ring (bicyclic) bond motifs is 6. The molecule has 0 amide bonds. The number of rotatable bonds is 7. The Morgan fingerprint density at radius 2 is 0.742 bits per heavy atom. The summed E-state index contributed by atoms with van der Waals surface area (Å²) >= 11 is 0. The van der Waals surface area contributed by atoms with Crippen molar-refractivity contribution in [2.45, 2.75) is 0 Å². The molecule has 3 aromatic heterocycles. The Morgan fingerprint density at radius 3 is 1.35 bits per heavy atom. The first-order valence-electron chi connectivity index (χ1n) is 21.0. The summed E-state index contributed by atoms with van der Waals surface area (Å²) in [4.78, 5) is 15.5. The molecule has 62 heavy (non-hydrogen) atoms. The first-order valence-corrected chi connectivity index (χ1v) is 21.0. The highest BCUT2D eigenvalue weighted by atomic mass is 15.2. The Balaban J connectivity index is 1.14. The Labute approximate surface area is 358 Å². The summed E-state index contributed by atoms with van der Waals surface area (Å²) in [7, 11) is 0. The second kappa shape index (κ2) is 14.7. The van der Waals surface area contributed by atoms with Crippen molar-refractivity contribution >= 4 is 43.6 Å². The zero-order valence-corrected chi connectivity index (χ0v) is 33.6. The van der Waals surface area contributed by atoms with E-state index in [1.165, 1.54) is 38.6 Å². The third-order valence-electron chi connectivity index (χ3n) is 12.0. The van der Waals surface area contributed by atoms with E-state index in [1.54, 1.807) is 0 Å². The van der Waals surface area contributed by atoms with Crippen molar-refractivity contribution in [3.05, 3.63) is 224 Å². The molecule has 0 spiro atoms. The molecule has 0 aliphatic rings. The van der Waals surface area contributed by atoms with E-state index >= 15 is 0 Å². The molecule has 3 heterocycles. The fourth-order valence-electron chi connectivity index (χ4n) is 9.15. The van der Waals surface area contributed by atoms with Gasteiger partial charge in [-0.15, -0.1) is 0 Å². The maximum atomic E-state index is 5.23. The molecular formula is C57H37N5. The van der Waals surface area contributed by atoms with Gasteiger partial charge in [0.05, 0.1) is 27.8 Å². The minimum absolute atomic E-state index is 0.567. The number of benzene rings is 9. The summed E-state index contributed by atoms with van der Waals surface area (Å²) < 4.78 is 4.66. The number of aromatic nitrogens is 5. The van der Waals surface area contributed by atoms with Crippen LogP contribution >= 0.6 is 0 Å². The van der Waals surface area contributed by atoms with Crippen molar-refractivity contribution in [2.75, 3.05) is 0 Å². The van der Waals surface area contributed by atoms with Crippen molar-refractivity contribution in [3.63, 3.8) is 0 Å². The van der Waals surface area contributed by atoms with Crippen LogP contribution in [0, 0.1) is 0 Å². The van der Waals surface area contributed by atoms with Crippen molar-refractivity contribution < 1.29 is 0 Å². The molecule has 5 heteroatoms. The largest absolute Gasteiger partial charge is 0.309 e. The Bertz CT molecular complexity index is 3550. The normalized spacial score (nSPS) is 11.5. The predicted octanol–water partition coefficient (Wildman–Crippen LogP) is 14.4. The topological polar surface area (TPSA) is 48.5 Å². The molecule has 0 atom stereocenters. The van der Waals surface area contributed by atoms with Gasteiger partial charge in [-0.05, 0) is 64.2 Å². The van der Waals surface area contributed by atoms with Crippen LogP contribution < -0.4 is 0 Å². The fourth-order valence-corrected chi connectivity index (χ4v) is 9.15. The molecule has 0 bridgehead atoms. The third-order valence-corrected chi connectivity index (χ3v) is 12.0. The average Bonchev–Trinajstić information content (AvgIpc) is 3.86. The van der Waals surface area contributed by atoms with Gasteiger partial charge in [-0.1, -0.05) is 188 Å². The van der Waals surface area contributed by atoms with Crippen LogP contribution in [0.5, 0.6) is 0 Å². The predicted molar refractivity (Wildman–Crippen MR) is 256 cm³/mol. The lowest BCUT2D eigenvalue weighted by Gasteiger charge is -2.18. The summed E-state index contributed by atoms with van der Waals surface area (Å²) in [6, 6.07) is 79.5. The van der Waals surface area contributed by atoms with Crippen LogP contribution in [0.25, 0.3) is 111 Å². The van der Waals surface area contributed by atoms with Crippen molar-refractivity contribution in [3.8, 4) is 67.8 Å². The van der Waals surface area contributed by atoms with Crippen molar-refractivity contribution in [1.29, 1.82) is 0 Å². The van der Waals surface area contributed by atoms with E-state index in [2.05, 4.69) is 197 Å². The maximum absolute atomic E-state index is 5.23. The molecule has 0 saturated heterocycles. The van der Waals surface area contributed by atoms with E-state index in [1.807, 2.05) is 36.4 Å². The van der Waals surface area contributed by atoms with Gasteiger partial charge in [-0.3, -0.25) is 4.57 Å². The summed E-state index contributed by atoms with van der Waals surface area (Å²) in [5.74, 6) is 1.81. The van der Waals surface area contributed by atoms with Gasteiger partial charge in [0.25, 0.3) is 0 Å². The molecule has 0 aliphatic heterocycles.